The lowest BCUT2D eigenvalue weighted by molar-refractivity contribution is 0.0581. The first-order chi connectivity index (χ1) is 8.09. The predicted octanol–water partition coefficient (Wildman–Crippen LogP) is 3.03. The van der Waals surface area contributed by atoms with Crippen molar-refractivity contribution >= 4 is 24.0 Å². The molecule has 0 radical (unpaired) electrons. The fourth-order valence-corrected chi connectivity index (χ4v) is 2.38. The quantitative estimate of drug-likeness (QED) is 0.882. The molecule has 3 nitrogen and oxygen atoms in total. The van der Waals surface area contributed by atoms with Gasteiger partial charge in [0.15, 0.2) is 0 Å². The zero-order chi connectivity index (χ0) is 12.4. The summed E-state index contributed by atoms with van der Waals surface area (Å²) < 4.78 is 18.5. The highest BCUT2D eigenvalue weighted by atomic mass is 35.5. The molecule has 3 N–H and O–H groups in total. The Bertz CT molecular complexity index is 411. The van der Waals surface area contributed by atoms with Gasteiger partial charge in [0.2, 0.25) is 0 Å². The summed E-state index contributed by atoms with van der Waals surface area (Å²) >= 11 is 5.73. The van der Waals surface area contributed by atoms with Gasteiger partial charge in [0.1, 0.15) is 11.6 Å². The number of phenolic OH excluding ortho intramolecular Hbond substituents is 1. The molecule has 1 aromatic carbocycles. The van der Waals surface area contributed by atoms with Gasteiger partial charge in [0.25, 0.3) is 0 Å². The van der Waals surface area contributed by atoms with Crippen LogP contribution in [0, 0.1) is 11.7 Å². The molecule has 0 amide bonds. The minimum absolute atomic E-state index is 0. The van der Waals surface area contributed by atoms with E-state index in [1.54, 1.807) is 0 Å². The molecular formula is C12H16Cl2FNO2. The number of nitrogens with two attached hydrogens (primary N) is 1. The Morgan fingerprint density at radius 1 is 1.39 bits per heavy atom. The molecule has 0 unspecified atom stereocenters. The maximum atomic E-state index is 13.3. The van der Waals surface area contributed by atoms with Crippen LogP contribution in [0.25, 0.3) is 0 Å². The van der Waals surface area contributed by atoms with Crippen molar-refractivity contribution in [1.29, 1.82) is 0 Å². The number of halogens is 3. The molecule has 0 aliphatic carbocycles. The van der Waals surface area contributed by atoms with E-state index in [9.17, 15) is 9.50 Å². The molecule has 102 valence electrons. The molecule has 0 aromatic heterocycles. The van der Waals surface area contributed by atoms with Crippen LogP contribution in [0.15, 0.2) is 12.1 Å². The third-order valence-electron chi connectivity index (χ3n) is 3.19. The molecule has 18 heavy (non-hydrogen) atoms. The smallest absolute Gasteiger partial charge is 0.139 e. The van der Waals surface area contributed by atoms with E-state index in [4.69, 9.17) is 22.1 Å². The van der Waals surface area contributed by atoms with E-state index in [1.165, 1.54) is 6.07 Å². The van der Waals surface area contributed by atoms with Crippen LogP contribution in [0.3, 0.4) is 0 Å². The summed E-state index contributed by atoms with van der Waals surface area (Å²) in [5, 5.41) is 9.82. The molecule has 1 saturated heterocycles. The summed E-state index contributed by atoms with van der Waals surface area (Å²) in [7, 11) is 0. The van der Waals surface area contributed by atoms with Crippen LogP contribution >= 0.6 is 24.0 Å². The molecule has 0 saturated carbocycles. The van der Waals surface area contributed by atoms with Crippen LogP contribution in [-0.4, -0.2) is 18.3 Å². The van der Waals surface area contributed by atoms with Crippen molar-refractivity contribution in [3.8, 4) is 5.75 Å². The summed E-state index contributed by atoms with van der Waals surface area (Å²) in [5.74, 6) is -0.412. The second-order valence-corrected chi connectivity index (χ2v) is 4.71. The molecule has 0 bridgehead atoms. The average Bonchev–Trinajstić information content (AvgIpc) is 2.34. The average molecular weight is 296 g/mol. The Hall–Kier alpha value is -0.550. The zero-order valence-corrected chi connectivity index (χ0v) is 11.3. The van der Waals surface area contributed by atoms with Crippen molar-refractivity contribution in [3.05, 3.63) is 28.5 Å². The normalized spacial score (nSPS) is 18.2. The van der Waals surface area contributed by atoms with Crippen molar-refractivity contribution in [1.82, 2.24) is 0 Å². The number of benzene rings is 1. The zero-order valence-electron chi connectivity index (χ0n) is 9.73. The molecule has 0 spiro atoms. The second-order valence-electron chi connectivity index (χ2n) is 4.30. The topological polar surface area (TPSA) is 55.5 Å². The SMILES string of the molecule is Cl.N[C@@H](c1cc(F)cc(Cl)c1O)C1CCOCC1. The van der Waals surface area contributed by atoms with Crippen LogP contribution in [0.1, 0.15) is 24.4 Å². The summed E-state index contributed by atoms with van der Waals surface area (Å²) in [6.07, 6.45) is 1.63. The molecule has 1 aliphatic rings. The highest BCUT2D eigenvalue weighted by Crippen LogP contribution is 2.37. The predicted molar refractivity (Wildman–Crippen MR) is 70.8 cm³/mol. The molecule has 1 fully saturated rings. The van der Waals surface area contributed by atoms with Gasteiger partial charge >= 0.3 is 0 Å². The first-order valence-corrected chi connectivity index (χ1v) is 5.98. The molecule has 1 heterocycles. The highest BCUT2D eigenvalue weighted by Gasteiger charge is 2.25. The lowest BCUT2D eigenvalue weighted by atomic mass is 9.87. The fraction of sp³-hybridized carbons (Fsp3) is 0.500. The van der Waals surface area contributed by atoms with Crippen LogP contribution in [-0.2, 0) is 4.74 Å². The monoisotopic (exact) mass is 295 g/mol. The van der Waals surface area contributed by atoms with Crippen molar-refractivity contribution in [3.63, 3.8) is 0 Å². The fourth-order valence-electron chi connectivity index (χ4n) is 2.17. The Morgan fingerprint density at radius 2 is 2.00 bits per heavy atom. The van der Waals surface area contributed by atoms with Gasteiger partial charge in [0, 0.05) is 24.8 Å². The summed E-state index contributed by atoms with van der Waals surface area (Å²) in [4.78, 5) is 0. The van der Waals surface area contributed by atoms with Gasteiger partial charge < -0.3 is 15.6 Å². The van der Waals surface area contributed by atoms with Gasteiger partial charge in [0.05, 0.1) is 5.02 Å². The molecule has 1 atom stereocenters. The number of aromatic hydroxyl groups is 1. The minimum atomic E-state index is -0.481. The molecule has 6 heteroatoms. The van der Waals surface area contributed by atoms with Gasteiger partial charge in [-0.1, -0.05) is 11.6 Å². The van der Waals surface area contributed by atoms with Gasteiger partial charge in [-0.15, -0.1) is 12.4 Å². The maximum absolute atomic E-state index is 13.3. The van der Waals surface area contributed by atoms with Gasteiger partial charge in [-0.2, -0.15) is 0 Å². The number of hydrogen-bond donors (Lipinski definition) is 2. The standard InChI is InChI=1S/C12H15ClFNO2.ClH/c13-10-6-8(14)5-9(12(10)16)11(15)7-1-3-17-4-2-7;/h5-7,11,16H,1-4,15H2;1H/t11-;/m1./s1. The number of ether oxygens (including phenoxy) is 1. The van der Waals surface area contributed by atoms with Crippen LogP contribution in [0.5, 0.6) is 5.75 Å². The summed E-state index contributed by atoms with van der Waals surface area (Å²) in [5.41, 5.74) is 6.44. The largest absolute Gasteiger partial charge is 0.506 e. The van der Waals surface area contributed by atoms with Gasteiger partial charge in [-0.25, -0.2) is 4.39 Å². The van der Waals surface area contributed by atoms with Crippen LogP contribution in [0.2, 0.25) is 5.02 Å². The van der Waals surface area contributed by atoms with E-state index in [0.29, 0.717) is 18.8 Å². The second kappa shape index (κ2) is 6.57. The third kappa shape index (κ3) is 3.26. The maximum Gasteiger partial charge on any atom is 0.139 e. The number of rotatable bonds is 2. The molecule has 1 aliphatic heterocycles. The first kappa shape index (κ1) is 15.5. The van der Waals surface area contributed by atoms with Crippen LogP contribution in [0.4, 0.5) is 4.39 Å². The number of phenols is 1. The highest BCUT2D eigenvalue weighted by molar-refractivity contribution is 6.32. The first-order valence-electron chi connectivity index (χ1n) is 5.61. The Morgan fingerprint density at radius 3 is 2.61 bits per heavy atom. The van der Waals surface area contributed by atoms with Crippen LogP contribution < -0.4 is 5.73 Å². The minimum Gasteiger partial charge on any atom is -0.506 e. The van der Waals surface area contributed by atoms with E-state index >= 15 is 0 Å². The molecule has 2 rings (SSSR count). The lowest BCUT2D eigenvalue weighted by Gasteiger charge is -2.28. The van der Waals surface area contributed by atoms with E-state index in [-0.39, 0.29) is 29.1 Å². The summed E-state index contributed by atoms with van der Waals surface area (Å²) in [6, 6.07) is 1.92. The number of hydrogen-bond acceptors (Lipinski definition) is 3. The Kier molecular flexibility index (Phi) is 5.66. The Labute approximate surface area is 116 Å². The Balaban J connectivity index is 0.00000162. The van der Waals surface area contributed by atoms with Gasteiger partial charge in [-0.3, -0.25) is 0 Å². The van der Waals surface area contributed by atoms with E-state index in [2.05, 4.69) is 0 Å². The van der Waals surface area contributed by atoms with E-state index in [1.807, 2.05) is 0 Å². The molecular weight excluding hydrogens is 280 g/mol. The van der Waals surface area contributed by atoms with E-state index < -0.39 is 11.9 Å². The van der Waals surface area contributed by atoms with E-state index in [0.717, 1.165) is 18.9 Å². The van der Waals surface area contributed by atoms with Crippen molar-refractivity contribution in [2.75, 3.05) is 13.2 Å². The van der Waals surface area contributed by atoms with Crippen molar-refractivity contribution < 1.29 is 14.2 Å². The van der Waals surface area contributed by atoms with Crippen molar-refractivity contribution in [2.24, 2.45) is 11.7 Å². The lowest BCUT2D eigenvalue weighted by Crippen LogP contribution is -2.27. The van der Waals surface area contributed by atoms with Crippen molar-refractivity contribution in [2.45, 2.75) is 18.9 Å². The third-order valence-corrected chi connectivity index (χ3v) is 3.48. The van der Waals surface area contributed by atoms with Gasteiger partial charge in [-0.05, 0) is 30.9 Å². The summed E-state index contributed by atoms with van der Waals surface area (Å²) in [6.45, 7) is 1.31. The molecule has 1 aromatic rings.